The molecule has 0 heterocycles. The molecule has 5 heteroatoms. The van der Waals surface area contributed by atoms with E-state index in [1.165, 1.54) is 24.8 Å². The highest BCUT2D eigenvalue weighted by Gasteiger charge is 2.39. The fraction of sp³-hybridized carbons (Fsp3) is 0.600. The van der Waals surface area contributed by atoms with Gasteiger partial charge in [0.15, 0.2) is 0 Å². The van der Waals surface area contributed by atoms with E-state index < -0.39 is 0 Å². The summed E-state index contributed by atoms with van der Waals surface area (Å²) in [4.78, 5) is 4.74. The molecular weight excluding hydrogens is 384 g/mol. The van der Waals surface area contributed by atoms with Crippen molar-refractivity contribution in [3.8, 4) is 5.75 Å². The zero-order valence-corrected chi connectivity index (χ0v) is 15.5. The van der Waals surface area contributed by atoms with E-state index in [1.54, 1.807) is 0 Å². The summed E-state index contributed by atoms with van der Waals surface area (Å²) in [5, 5.41) is 9.76. The first-order chi connectivity index (χ1) is 9.34. The standard InChI is InChI=1S/C15H22Br2N2O/c1-18(2)15(5-4-6-15)10-19(3)9-11-7-12(16)14(20)13(17)8-11/h7-8,20H,4-6,9-10H2,1-3H3. The summed E-state index contributed by atoms with van der Waals surface area (Å²) < 4.78 is 1.47. The maximum Gasteiger partial charge on any atom is 0.143 e. The van der Waals surface area contributed by atoms with Crippen molar-refractivity contribution in [2.45, 2.75) is 31.3 Å². The number of aromatic hydroxyl groups is 1. The van der Waals surface area contributed by atoms with E-state index in [9.17, 15) is 5.11 Å². The molecule has 0 bridgehead atoms. The summed E-state index contributed by atoms with van der Waals surface area (Å²) in [7, 11) is 6.53. The quantitative estimate of drug-likeness (QED) is 0.806. The number of hydrogen-bond donors (Lipinski definition) is 1. The SMILES string of the molecule is CN(Cc1cc(Br)c(O)c(Br)c1)CC1(N(C)C)CCC1. The summed E-state index contributed by atoms with van der Waals surface area (Å²) in [5.74, 6) is 0.264. The molecule has 0 unspecified atom stereocenters. The van der Waals surface area contributed by atoms with Crippen molar-refractivity contribution in [2.75, 3.05) is 27.7 Å². The van der Waals surface area contributed by atoms with Crippen LogP contribution in [0, 0.1) is 0 Å². The van der Waals surface area contributed by atoms with E-state index in [1.807, 2.05) is 12.1 Å². The van der Waals surface area contributed by atoms with Gasteiger partial charge >= 0.3 is 0 Å². The fourth-order valence-electron chi connectivity index (χ4n) is 2.91. The third kappa shape index (κ3) is 3.38. The Kier molecular flexibility index (Phi) is 5.16. The molecule has 0 atom stereocenters. The predicted octanol–water partition coefficient (Wildman–Crippen LogP) is 3.83. The van der Waals surface area contributed by atoms with E-state index >= 15 is 0 Å². The van der Waals surface area contributed by atoms with Crippen molar-refractivity contribution in [3.05, 3.63) is 26.6 Å². The van der Waals surface area contributed by atoms with Crippen LogP contribution in [0.3, 0.4) is 0 Å². The Hall–Kier alpha value is -0.100. The van der Waals surface area contributed by atoms with E-state index in [2.05, 4.69) is 62.8 Å². The minimum atomic E-state index is 0.264. The Bertz CT molecular complexity index is 464. The van der Waals surface area contributed by atoms with Crippen LogP contribution in [-0.4, -0.2) is 48.1 Å². The topological polar surface area (TPSA) is 26.7 Å². The first-order valence-corrected chi connectivity index (χ1v) is 8.45. The zero-order chi connectivity index (χ0) is 14.9. The van der Waals surface area contributed by atoms with Gasteiger partial charge in [0.05, 0.1) is 8.95 Å². The number of phenols is 1. The second kappa shape index (κ2) is 6.34. The highest BCUT2D eigenvalue weighted by Crippen LogP contribution is 2.37. The molecule has 1 fully saturated rings. The van der Waals surface area contributed by atoms with Crippen LogP contribution < -0.4 is 0 Å². The minimum Gasteiger partial charge on any atom is -0.506 e. The summed E-state index contributed by atoms with van der Waals surface area (Å²) >= 11 is 6.78. The number of rotatable bonds is 5. The van der Waals surface area contributed by atoms with Crippen LogP contribution in [0.25, 0.3) is 0 Å². The molecule has 1 aromatic rings. The third-order valence-electron chi connectivity index (χ3n) is 4.33. The molecule has 1 aromatic carbocycles. The van der Waals surface area contributed by atoms with Crippen molar-refractivity contribution in [1.82, 2.24) is 9.80 Å². The van der Waals surface area contributed by atoms with Crippen LogP contribution in [0.2, 0.25) is 0 Å². The van der Waals surface area contributed by atoms with E-state index in [4.69, 9.17) is 0 Å². The van der Waals surface area contributed by atoms with Crippen LogP contribution in [0.5, 0.6) is 5.75 Å². The lowest BCUT2D eigenvalue weighted by molar-refractivity contribution is 0.0259. The molecule has 1 N–H and O–H groups in total. The Morgan fingerprint density at radius 3 is 2.10 bits per heavy atom. The molecule has 0 radical (unpaired) electrons. The van der Waals surface area contributed by atoms with E-state index in [0.717, 1.165) is 22.0 Å². The summed E-state index contributed by atoms with van der Waals surface area (Å²) in [6.45, 7) is 1.96. The molecule has 1 saturated carbocycles. The van der Waals surface area contributed by atoms with Gasteiger partial charge in [0.25, 0.3) is 0 Å². The number of phenolic OH excluding ortho intramolecular Hbond substituents is 1. The Morgan fingerprint density at radius 1 is 1.15 bits per heavy atom. The second-order valence-electron chi connectivity index (χ2n) is 6.05. The van der Waals surface area contributed by atoms with Gasteiger partial charge in [0.2, 0.25) is 0 Å². The molecule has 0 spiro atoms. The van der Waals surface area contributed by atoms with Gasteiger partial charge in [-0.25, -0.2) is 0 Å². The van der Waals surface area contributed by atoms with E-state index in [-0.39, 0.29) is 5.75 Å². The maximum absolute atomic E-state index is 9.76. The normalized spacial score (nSPS) is 17.6. The van der Waals surface area contributed by atoms with Crippen molar-refractivity contribution in [2.24, 2.45) is 0 Å². The lowest BCUT2D eigenvalue weighted by Crippen LogP contribution is -2.56. The Balaban J connectivity index is 2.03. The Labute approximate surface area is 138 Å². The van der Waals surface area contributed by atoms with Crippen LogP contribution in [-0.2, 0) is 6.54 Å². The monoisotopic (exact) mass is 404 g/mol. The van der Waals surface area contributed by atoms with Gasteiger partial charge in [0, 0.05) is 18.6 Å². The molecule has 1 aliphatic rings. The van der Waals surface area contributed by atoms with Gasteiger partial charge < -0.3 is 14.9 Å². The molecule has 3 nitrogen and oxygen atoms in total. The van der Waals surface area contributed by atoms with Crippen molar-refractivity contribution < 1.29 is 5.11 Å². The summed E-state index contributed by atoms with van der Waals surface area (Å²) in [6.07, 6.45) is 3.91. The van der Waals surface area contributed by atoms with Crippen molar-refractivity contribution >= 4 is 31.9 Å². The largest absolute Gasteiger partial charge is 0.506 e. The molecule has 0 saturated heterocycles. The number of benzene rings is 1. The van der Waals surface area contributed by atoms with Gasteiger partial charge in [-0.2, -0.15) is 0 Å². The van der Waals surface area contributed by atoms with Crippen LogP contribution in [0.15, 0.2) is 21.1 Å². The van der Waals surface area contributed by atoms with Crippen molar-refractivity contribution in [1.29, 1.82) is 0 Å². The molecule has 112 valence electrons. The number of likely N-dealkylation sites (N-methyl/N-ethyl adjacent to an activating group) is 2. The number of nitrogens with zero attached hydrogens (tertiary/aromatic N) is 2. The van der Waals surface area contributed by atoms with Crippen molar-refractivity contribution in [3.63, 3.8) is 0 Å². The maximum atomic E-state index is 9.76. The van der Waals surface area contributed by atoms with Crippen LogP contribution >= 0.6 is 31.9 Å². The molecular formula is C15H22Br2N2O. The van der Waals surface area contributed by atoms with Crippen LogP contribution in [0.4, 0.5) is 0 Å². The summed E-state index contributed by atoms with van der Waals surface area (Å²) in [5.41, 5.74) is 1.54. The highest BCUT2D eigenvalue weighted by atomic mass is 79.9. The number of hydrogen-bond acceptors (Lipinski definition) is 3. The van der Waals surface area contributed by atoms with Gasteiger partial charge in [-0.15, -0.1) is 0 Å². The molecule has 2 rings (SSSR count). The number of halogens is 2. The molecule has 0 aliphatic heterocycles. The van der Waals surface area contributed by atoms with E-state index in [0.29, 0.717) is 5.54 Å². The minimum absolute atomic E-state index is 0.264. The molecule has 0 aromatic heterocycles. The first-order valence-electron chi connectivity index (χ1n) is 6.87. The second-order valence-corrected chi connectivity index (χ2v) is 7.76. The lowest BCUT2D eigenvalue weighted by Gasteiger charge is -2.49. The van der Waals surface area contributed by atoms with Gasteiger partial charge in [0.1, 0.15) is 5.75 Å². The van der Waals surface area contributed by atoms with Gasteiger partial charge in [-0.1, -0.05) is 0 Å². The van der Waals surface area contributed by atoms with Gasteiger partial charge in [-0.05, 0) is 90.0 Å². The average molecular weight is 406 g/mol. The average Bonchev–Trinajstić information content (AvgIpc) is 2.30. The lowest BCUT2D eigenvalue weighted by atomic mass is 9.75. The third-order valence-corrected chi connectivity index (χ3v) is 5.54. The smallest absolute Gasteiger partial charge is 0.143 e. The van der Waals surface area contributed by atoms with Gasteiger partial charge in [-0.3, -0.25) is 0 Å². The van der Waals surface area contributed by atoms with Crippen LogP contribution in [0.1, 0.15) is 24.8 Å². The Morgan fingerprint density at radius 2 is 1.70 bits per heavy atom. The summed E-state index contributed by atoms with van der Waals surface area (Å²) in [6, 6.07) is 3.97. The highest BCUT2D eigenvalue weighted by molar-refractivity contribution is 9.11. The molecule has 20 heavy (non-hydrogen) atoms. The zero-order valence-electron chi connectivity index (χ0n) is 12.3. The fourth-order valence-corrected chi connectivity index (χ4v) is 4.19. The molecule has 1 aliphatic carbocycles. The predicted molar refractivity (Wildman–Crippen MR) is 90.1 cm³/mol. The first kappa shape index (κ1) is 16.3. The molecule has 0 amide bonds.